The molecule has 0 saturated carbocycles. The van der Waals surface area contributed by atoms with Gasteiger partial charge in [0.1, 0.15) is 0 Å². The molecule has 0 fully saturated rings. The highest BCUT2D eigenvalue weighted by molar-refractivity contribution is 6.24. The highest BCUT2D eigenvalue weighted by Crippen LogP contribution is 2.47. The van der Waals surface area contributed by atoms with Crippen LogP contribution in [0, 0.1) is 0 Å². The van der Waals surface area contributed by atoms with Crippen LogP contribution >= 0.6 is 0 Å². The zero-order valence-corrected chi connectivity index (χ0v) is 21.9. The molecule has 186 valence electrons. The number of hydrogen-bond acceptors (Lipinski definition) is 1. The van der Waals surface area contributed by atoms with Crippen LogP contribution in [0.3, 0.4) is 0 Å². The van der Waals surface area contributed by atoms with Crippen LogP contribution in [0.5, 0.6) is 0 Å². The van der Waals surface area contributed by atoms with E-state index in [0.29, 0.717) is 0 Å². The van der Waals surface area contributed by atoms with E-state index in [1.165, 1.54) is 70.9 Å². The minimum Gasteiger partial charge on any atom is -0.264 e. The Hall–Kier alpha value is -5.27. The van der Waals surface area contributed by atoms with Gasteiger partial charge in [-0.1, -0.05) is 121 Å². The van der Waals surface area contributed by atoms with Crippen molar-refractivity contribution in [2.75, 3.05) is 0 Å². The first-order valence-electron chi connectivity index (χ1n) is 13.7. The fourth-order valence-corrected chi connectivity index (χ4v) is 6.36. The third-order valence-electron chi connectivity index (χ3n) is 8.12. The Morgan fingerprint density at radius 1 is 0.350 bits per heavy atom. The number of rotatable bonds is 3. The van der Waals surface area contributed by atoms with Crippen molar-refractivity contribution >= 4 is 43.1 Å². The maximum atomic E-state index is 4.48. The largest absolute Gasteiger partial charge is 0.264 e. The van der Waals surface area contributed by atoms with E-state index in [0.717, 1.165) is 5.56 Å². The Balaban J connectivity index is 1.56. The van der Waals surface area contributed by atoms with Crippen LogP contribution in [0.4, 0.5) is 0 Å². The van der Waals surface area contributed by atoms with E-state index in [4.69, 9.17) is 0 Å². The first-order valence-corrected chi connectivity index (χ1v) is 13.7. The molecule has 1 nitrogen and oxygen atoms in total. The summed E-state index contributed by atoms with van der Waals surface area (Å²) in [6.07, 6.45) is 3.82. The molecule has 7 aromatic carbocycles. The molecule has 8 rings (SSSR count). The summed E-state index contributed by atoms with van der Waals surface area (Å²) in [6, 6.07) is 50.7. The summed E-state index contributed by atoms with van der Waals surface area (Å²) >= 11 is 0. The molecule has 0 N–H and O–H groups in total. The molecule has 0 radical (unpaired) electrons. The van der Waals surface area contributed by atoms with Gasteiger partial charge in [0, 0.05) is 18.0 Å². The summed E-state index contributed by atoms with van der Waals surface area (Å²) in [5.74, 6) is 0. The van der Waals surface area contributed by atoms with Crippen LogP contribution in [0.25, 0.3) is 76.5 Å². The monoisotopic (exact) mass is 507 g/mol. The van der Waals surface area contributed by atoms with Crippen molar-refractivity contribution in [3.8, 4) is 33.4 Å². The molecule has 0 unspecified atom stereocenters. The van der Waals surface area contributed by atoms with Gasteiger partial charge in [-0.3, -0.25) is 4.98 Å². The standard InChI is InChI=1S/C39H25N/c1-2-13-28-24-37(36(23-27(28)12-1)29-15-10-22-40-25-29)39-34-19-7-5-17-32(34)38(33-18-6-8-20-35(33)39)31-21-9-14-26-11-3-4-16-30(26)31/h1-25H. The second-order valence-electron chi connectivity index (χ2n) is 10.4. The summed E-state index contributed by atoms with van der Waals surface area (Å²) < 4.78 is 0. The molecular formula is C39H25N. The van der Waals surface area contributed by atoms with Gasteiger partial charge in [-0.25, -0.2) is 0 Å². The summed E-state index contributed by atoms with van der Waals surface area (Å²) in [5.41, 5.74) is 7.36. The SMILES string of the molecule is c1cncc(-c2cc3ccccc3cc2-c2c3ccccc3c(-c3cccc4ccccc34)c3ccccc23)c1. The first-order chi connectivity index (χ1) is 19.9. The van der Waals surface area contributed by atoms with E-state index in [1.807, 2.05) is 18.5 Å². The average molecular weight is 508 g/mol. The maximum absolute atomic E-state index is 4.48. The molecule has 0 aliphatic rings. The predicted molar refractivity (Wildman–Crippen MR) is 171 cm³/mol. The van der Waals surface area contributed by atoms with Crippen molar-refractivity contribution in [2.24, 2.45) is 0 Å². The molecule has 0 bridgehead atoms. The Morgan fingerprint density at radius 2 is 0.850 bits per heavy atom. The zero-order chi connectivity index (χ0) is 26.5. The molecule has 1 heteroatoms. The van der Waals surface area contributed by atoms with Crippen molar-refractivity contribution in [3.05, 3.63) is 152 Å². The minimum absolute atomic E-state index is 1.12. The second-order valence-corrected chi connectivity index (χ2v) is 10.4. The van der Waals surface area contributed by atoms with Gasteiger partial charge in [-0.15, -0.1) is 0 Å². The molecule has 0 saturated heterocycles. The van der Waals surface area contributed by atoms with Crippen molar-refractivity contribution < 1.29 is 0 Å². The van der Waals surface area contributed by atoms with Crippen molar-refractivity contribution in [2.45, 2.75) is 0 Å². The lowest BCUT2D eigenvalue weighted by Gasteiger charge is -2.21. The van der Waals surface area contributed by atoms with Crippen molar-refractivity contribution in [1.29, 1.82) is 0 Å². The summed E-state index contributed by atoms with van der Waals surface area (Å²) in [5, 5.41) is 10.0. The molecular weight excluding hydrogens is 482 g/mol. The normalized spacial score (nSPS) is 11.5. The third-order valence-corrected chi connectivity index (χ3v) is 8.12. The van der Waals surface area contributed by atoms with E-state index >= 15 is 0 Å². The fourth-order valence-electron chi connectivity index (χ4n) is 6.36. The fraction of sp³-hybridized carbons (Fsp3) is 0. The molecule has 1 aromatic heterocycles. The van der Waals surface area contributed by atoms with Crippen LogP contribution < -0.4 is 0 Å². The number of nitrogens with zero attached hydrogens (tertiary/aromatic N) is 1. The smallest absolute Gasteiger partial charge is 0.0346 e. The Morgan fingerprint density at radius 3 is 1.45 bits per heavy atom. The van der Waals surface area contributed by atoms with E-state index in [9.17, 15) is 0 Å². The van der Waals surface area contributed by atoms with Crippen LogP contribution in [-0.4, -0.2) is 4.98 Å². The Bertz CT molecular complexity index is 2150. The minimum atomic E-state index is 1.12. The number of aromatic nitrogens is 1. The number of hydrogen-bond donors (Lipinski definition) is 0. The lowest BCUT2D eigenvalue weighted by atomic mass is 9.82. The quantitative estimate of drug-likeness (QED) is 0.217. The van der Waals surface area contributed by atoms with Gasteiger partial charge in [0.25, 0.3) is 0 Å². The second kappa shape index (κ2) is 9.18. The molecule has 0 spiro atoms. The van der Waals surface area contributed by atoms with Gasteiger partial charge in [0.05, 0.1) is 0 Å². The zero-order valence-electron chi connectivity index (χ0n) is 21.9. The summed E-state index contributed by atoms with van der Waals surface area (Å²) in [6.45, 7) is 0. The van der Waals surface area contributed by atoms with Gasteiger partial charge in [-0.2, -0.15) is 0 Å². The Kier molecular flexibility index (Phi) is 5.21. The topological polar surface area (TPSA) is 12.9 Å². The predicted octanol–water partition coefficient (Wildman–Crippen LogP) is 10.7. The van der Waals surface area contributed by atoms with Gasteiger partial charge >= 0.3 is 0 Å². The van der Waals surface area contributed by atoms with Crippen LogP contribution in [0.2, 0.25) is 0 Å². The van der Waals surface area contributed by atoms with E-state index in [-0.39, 0.29) is 0 Å². The van der Waals surface area contributed by atoms with Gasteiger partial charge in [-0.05, 0) is 89.1 Å². The van der Waals surface area contributed by atoms with Crippen molar-refractivity contribution in [3.63, 3.8) is 0 Å². The molecule has 0 amide bonds. The van der Waals surface area contributed by atoms with Gasteiger partial charge in [0.15, 0.2) is 0 Å². The summed E-state index contributed by atoms with van der Waals surface area (Å²) in [4.78, 5) is 4.48. The molecule has 0 atom stereocenters. The summed E-state index contributed by atoms with van der Waals surface area (Å²) in [7, 11) is 0. The van der Waals surface area contributed by atoms with Gasteiger partial charge < -0.3 is 0 Å². The molecule has 8 aromatic rings. The maximum Gasteiger partial charge on any atom is 0.0346 e. The van der Waals surface area contributed by atoms with E-state index in [1.54, 1.807) is 0 Å². The number of pyridine rings is 1. The number of benzene rings is 7. The molecule has 0 aliphatic heterocycles. The number of fused-ring (bicyclic) bond motifs is 4. The van der Waals surface area contributed by atoms with Gasteiger partial charge in [0.2, 0.25) is 0 Å². The molecule has 1 heterocycles. The van der Waals surface area contributed by atoms with E-state index < -0.39 is 0 Å². The van der Waals surface area contributed by atoms with Crippen LogP contribution in [0.1, 0.15) is 0 Å². The van der Waals surface area contributed by atoms with E-state index in [2.05, 4.69) is 138 Å². The molecule has 40 heavy (non-hydrogen) atoms. The lowest BCUT2D eigenvalue weighted by Crippen LogP contribution is -1.94. The highest BCUT2D eigenvalue weighted by Gasteiger charge is 2.20. The lowest BCUT2D eigenvalue weighted by molar-refractivity contribution is 1.33. The average Bonchev–Trinajstić information content (AvgIpc) is 3.03. The molecule has 0 aliphatic carbocycles. The van der Waals surface area contributed by atoms with Crippen molar-refractivity contribution in [1.82, 2.24) is 4.98 Å². The third kappa shape index (κ3) is 3.52. The van der Waals surface area contributed by atoms with Crippen LogP contribution in [0.15, 0.2) is 152 Å². The Labute approximate surface area is 233 Å². The van der Waals surface area contributed by atoms with Crippen LogP contribution in [-0.2, 0) is 0 Å². The first kappa shape index (κ1) is 22.7. The highest BCUT2D eigenvalue weighted by atomic mass is 14.6.